The van der Waals surface area contributed by atoms with E-state index in [-0.39, 0.29) is 24.2 Å². The van der Waals surface area contributed by atoms with Crippen LogP contribution < -0.4 is 5.32 Å². The van der Waals surface area contributed by atoms with E-state index in [1.54, 1.807) is 6.92 Å². The normalized spacial score (nSPS) is 12.1. The Labute approximate surface area is 127 Å². The molecule has 2 N–H and O–H groups in total. The Bertz CT molecular complexity index is 579. The second kappa shape index (κ2) is 7.24. The molecule has 1 aromatic heterocycles. The number of carbonyl (C=O) groups is 1. The summed E-state index contributed by atoms with van der Waals surface area (Å²) in [7, 11) is 0. The van der Waals surface area contributed by atoms with Gasteiger partial charge >= 0.3 is 0 Å². The SMILES string of the molecule is Cc1noc(Cl)c1CCC(=O)N[C@@H](CO)c1ccccc1. The number of rotatable bonds is 6. The number of nitrogens with one attached hydrogen (secondary N) is 1. The summed E-state index contributed by atoms with van der Waals surface area (Å²) in [6, 6.07) is 8.94. The fraction of sp³-hybridized carbons (Fsp3) is 0.333. The summed E-state index contributed by atoms with van der Waals surface area (Å²) in [5.74, 6) is -0.158. The third kappa shape index (κ3) is 4.06. The molecule has 0 fully saturated rings. The van der Waals surface area contributed by atoms with Crippen molar-refractivity contribution in [3.63, 3.8) is 0 Å². The van der Waals surface area contributed by atoms with E-state index in [4.69, 9.17) is 16.1 Å². The number of halogens is 1. The average molecular weight is 309 g/mol. The number of carbonyl (C=O) groups excluding carboxylic acids is 1. The van der Waals surface area contributed by atoms with E-state index in [1.165, 1.54) is 0 Å². The number of hydrogen-bond acceptors (Lipinski definition) is 4. The van der Waals surface area contributed by atoms with Crippen molar-refractivity contribution in [1.82, 2.24) is 10.5 Å². The van der Waals surface area contributed by atoms with Gasteiger partial charge in [-0.15, -0.1) is 0 Å². The maximum Gasteiger partial charge on any atom is 0.229 e. The average Bonchev–Trinajstić information content (AvgIpc) is 2.82. The molecule has 1 atom stereocenters. The highest BCUT2D eigenvalue weighted by atomic mass is 35.5. The fourth-order valence-electron chi connectivity index (χ4n) is 2.06. The molecule has 0 saturated carbocycles. The van der Waals surface area contributed by atoms with Crippen molar-refractivity contribution in [3.8, 4) is 0 Å². The molecule has 0 unspecified atom stereocenters. The summed E-state index contributed by atoms with van der Waals surface area (Å²) in [6.07, 6.45) is 0.706. The van der Waals surface area contributed by atoms with Crippen LogP contribution in [0, 0.1) is 6.92 Å². The second-order valence-corrected chi connectivity index (χ2v) is 5.08. The third-order valence-electron chi connectivity index (χ3n) is 3.26. The third-order valence-corrected chi connectivity index (χ3v) is 3.56. The van der Waals surface area contributed by atoms with Crippen LogP contribution in [0.5, 0.6) is 0 Å². The zero-order valence-electron chi connectivity index (χ0n) is 11.7. The molecule has 0 aliphatic heterocycles. The van der Waals surface area contributed by atoms with Crippen LogP contribution >= 0.6 is 11.6 Å². The summed E-state index contributed by atoms with van der Waals surface area (Å²) in [4.78, 5) is 12.0. The summed E-state index contributed by atoms with van der Waals surface area (Å²) in [6.45, 7) is 1.63. The first-order valence-electron chi connectivity index (χ1n) is 6.67. The summed E-state index contributed by atoms with van der Waals surface area (Å²) in [5.41, 5.74) is 2.30. The molecule has 1 amide bonds. The van der Waals surface area contributed by atoms with Crippen LogP contribution in [0.15, 0.2) is 34.9 Å². The molecule has 6 heteroatoms. The molecule has 1 aromatic carbocycles. The number of aliphatic hydroxyl groups is 1. The van der Waals surface area contributed by atoms with Crippen LogP contribution in [0.25, 0.3) is 0 Å². The topological polar surface area (TPSA) is 75.4 Å². The first-order valence-corrected chi connectivity index (χ1v) is 7.05. The Morgan fingerprint density at radius 1 is 1.43 bits per heavy atom. The van der Waals surface area contributed by atoms with Crippen molar-refractivity contribution in [3.05, 3.63) is 52.4 Å². The first-order chi connectivity index (χ1) is 10.1. The predicted molar refractivity (Wildman–Crippen MR) is 79.0 cm³/mol. The lowest BCUT2D eigenvalue weighted by Gasteiger charge is -2.16. The molecule has 21 heavy (non-hydrogen) atoms. The number of benzene rings is 1. The predicted octanol–water partition coefficient (Wildman–Crippen LogP) is 2.42. The number of aliphatic hydroxyl groups excluding tert-OH is 1. The van der Waals surface area contributed by atoms with Crippen molar-refractivity contribution < 1.29 is 14.4 Å². The highest BCUT2D eigenvalue weighted by Crippen LogP contribution is 2.20. The van der Waals surface area contributed by atoms with Gasteiger partial charge in [0.05, 0.1) is 18.3 Å². The molecular formula is C15H17ClN2O3. The minimum atomic E-state index is -0.405. The Kier molecular flexibility index (Phi) is 5.36. The minimum absolute atomic E-state index is 0.150. The number of aryl methyl sites for hydroxylation is 1. The van der Waals surface area contributed by atoms with Crippen molar-refractivity contribution in [2.75, 3.05) is 6.61 Å². The molecule has 5 nitrogen and oxygen atoms in total. The van der Waals surface area contributed by atoms with Gasteiger partial charge in [-0.25, -0.2) is 0 Å². The van der Waals surface area contributed by atoms with E-state index >= 15 is 0 Å². The quantitative estimate of drug-likeness (QED) is 0.859. The van der Waals surface area contributed by atoms with Gasteiger partial charge in [-0.05, 0) is 30.5 Å². The molecule has 0 saturated heterocycles. The Morgan fingerprint density at radius 3 is 2.71 bits per heavy atom. The fourth-order valence-corrected chi connectivity index (χ4v) is 2.33. The number of aromatic nitrogens is 1. The summed E-state index contributed by atoms with van der Waals surface area (Å²) < 4.78 is 4.84. The van der Waals surface area contributed by atoms with Crippen molar-refractivity contribution >= 4 is 17.5 Å². The molecular weight excluding hydrogens is 292 g/mol. The molecule has 0 spiro atoms. The highest BCUT2D eigenvalue weighted by molar-refractivity contribution is 6.29. The van der Waals surface area contributed by atoms with Crippen LogP contribution in [0.4, 0.5) is 0 Å². The van der Waals surface area contributed by atoms with Gasteiger partial charge in [-0.1, -0.05) is 35.5 Å². The van der Waals surface area contributed by atoms with Gasteiger partial charge in [0.15, 0.2) is 0 Å². The number of nitrogens with zero attached hydrogens (tertiary/aromatic N) is 1. The molecule has 0 bridgehead atoms. The van der Waals surface area contributed by atoms with Gasteiger partial charge < -0.3 is 14.9 Å². The molecule has 2 aromatic rings. The van der Waals surface area contributed by atoms with Crippen LogP contribution in [-0.4, -0.2) is 22.8 Å². The molecule has 0 radical (unpaired) electrons. The van der Waals surface area contributed by atoms with Gasteiger partial charge in [0, 0.05) is 12.0 Å². The molecule has 0 aliphatic carbocycles. The Morgan fingerprint density at radius 2 is 2.14 bits per heavy atom. The first kappa shape index (κ1) is 15.5. The van der Waals surface area contributed by atoms with E-state index in [0.29, 0.717) is 12.1 Å². The molecule has 1 heterocycles. The maximum absolute atomic E-state index is 12.0. The minimum Gasteiger partial charge on any atom is -0.394 e. The number of hydrogen-bond donors (Lipinski definition) is 2. The van der Waals surface area contributed by atoms with Crippen molar-refractivity contribution in [2.45, 2.75) is 25.8 Å². The van der Waals surface area contributed by atoms with Gasteiger partial charge in [0.1, 0.15) is 0 Å². The van der Waals surface area contributed by atoms with E-state index in [1.807, 2.05) is 30.3 Å². The van der Waals surface area contributed by atoms with Gasteiger partial charge in [-0.3, -0.25) is 4.79 Å². The van der Waals surface area contributed by atoms with E-state index in [9.17, 15) is 9.90 Å². The monoisotopic (exact) mass is 308 g/mol. The highest BCUT2D eigenvalue weighted by Gasteiger charge is 2.16. The van der Waals surface area contributed by atoms with E-state index in [0.717, 1.165) is 11.1 Å². The zero-order valence-corrected chi connectivity index (χ0v) is 12.4. The second-order valence-electron chi connectivity index (χ2n) is 4.73. The molecule has 2 rings (SSSR count). The van der Waals surface area contributed by atoms with E-state index < -0.39 is 6.04 Å². The standard InChI is InChI=1S/C15H17ClN2O3/c1-10-12(15(16)21-18-10)7-8-14(20)17-13(9-19)11-5-3-2-4-6-11/h2-6,13,19H,7-9H2,1H3,(H,17,20)/t13-/m0/s1. The summed E-state index contributed by atoms with van der Waals surface area (Å²) >= 11 is 5.86. The van der Waals surface area contributed by atoms with Crippen molar-refractivity contribution in [1.29, 1.82) is 0 Å². The van der Waals surface area contributed by atoms with E-state index in [2.05, 4.69) is 10.5 Å². The molecule has 112 valence electrons. The van der Waals surface area contributed by atoms with Crippen LogP contribution in [-0.2, 0) is 11.2 Å². The van der Waals surface area contributed by atoms with Crippen LogP contribution in [0.2, 0.25) is 5.22 Å². The van der Waals surface area contributed by atoms with Crippen molar-refractivity contribution in [2.24, 2.45) is 0 Å². The lowest BCUT2D eigenvalue weighted by atomic mass is 10.1. The van der Waals surface area contributed by atoms with Gasteiger partial charge in [-0.2, -0.15) is 0 Å². The number of amides is 1. The summed E-state index contributed by atoms with van der Waals surface area (Å²) in [5, 5.41) is 16.2. The largest absolute Gasteiger partial charge is 0.394 e. The van der Waals surface area contributed by atoms with Gasteiger partial charge in [0.25, 0.3) is 0 Å². The lowest BCUT2D eigenvalue weighted by Crippen LogP contribution is -2.30. The lowest BCUT2D eigenvalue weighted by molar-refractivity contribution is -0.122. The maximum atomic E-state index is 12.0. The van der Waals surface area contributed by atoms with Crippen LogP contribution in [0.1, 0.15) is 29.3 Å². The Balaban J connectivity index is 1.92. The zero-order chi connectivity index (χ0) is 15.2. The van der Waals surface area contributed by atoms with Gasteiger partial charge in [0.2, 0.25) is 11.1 Å². The van der Waals surface area contributed by atoms with Crippen LogP contribution in [0.3, 0.4) is 0 Å². The smallest absolute Gasteiger partial charge is 0.229 e. The molecule has 0 aliphatic rings. The Hall–Kier alpha value is -1.85.